The molecule has 0 unspecified atom stereocenters. The second-order valence-corrected chi connectivity index (χ2v) is 4.08. The zero-order valence-corrected chi connectivity index (χ0v) is 10.5. The first-order valence-corrected chi connectivity index (χ1v) is 6.35. The van der Waals surface area contributed by atoms with Crippen LogP contribution in [0.4, 0.5) is 0 Å². The van der Waals surface area contributed by atoms with Gasteiger partial charge in [-0.05, 0) is 31.5 Å². The first kappa shape index (κ1) is 13.8. The highest BCUT2D eigenvalue weighted by Crippen LogP contribution is 2.08. The highest BCUT2D eigenvalue weighted by Gasteiger charge is 2.09. The molecule has 0 aliphatic carbocycles. The number of rotatable bonds is 8. The molecule has 0 spiro atoms. The molecule has 0 saturated carbocycles. The molecule has 0 aromatic carbocycles. The first-order chi connectivity index (χ1) is 8.27. The summed E-state index contributed by atoms with van der Waals surface area (Å²) in [5, 5.41) is 2.85. The molecule has 0 aliphatic heterocycles. The van der Waals surface area contributed by atoms with Crippen molar-refractivity contribution in [3.63, 3.8) is 0 Å². The molecule has 1 aromatic heterocycles. The van der Waals surface area contributed by atoms with Gasteiger partial charge in [0, 0.05) is 13.0 Å². The molecule has 17 heavy (non-hydrogen) atoms. The van der Waals surface area contributed by atoms with E-state index < -0.39 is 0 Å². The molecule has 4 heteroatoms. The molecule has 96 valence electrons. The maximum absolute atomic E-state index is 11.6. The minimum Gasteiger partial charge on any atom is -0.456 e. The number of carbonyl (C=O) groups excluding carboxylic acids is 1. The van der Waals surface area contributed by atoms with Gasteiger partial charge in [0.25, 0.3) is 5.91 Å². The van der Waals surface area contributed by atoms with Crippen LogP contribution < -0.4 is 11.1 Å². The average molecular weight is 238 g/mol. The molecule has 0 bridgehead atoms. The summed E-state index contributed by atoms with van der Waals surface area (Å²) < 4.78 is 5.36. The zero-order valence-electron chi connectivity index (χ0n) is 10.5. The molecule has 1 rings (SSSR count). The van der Waals surface area contributed by atoms with Crippen LogP contribution in [0, 0.1) is 0 Å². The van der Waals surface area contributed by atoms with Crippen molar-refractivity contribution in [1.82, 2.24) is 5.32 Å². The molecule has 0 radical (unpaired) electrons. The summed E-state index contributed by atoms with van der Waals surface area (Å²) in [6.45, 7) is 3.45. The van der Waals surface area contributed by atoms with Gasteiger partial charge in [0.1, 0.15) is 5.76 Å². The van der Waals surface area contributed by atoms with Crippen molar-refractivity contribution in [2.45, 2.75) is 39.0 Å². The van der Waals surface area contributed by atoms with Gasteiger partial charge in [-0.3, -0.25) is 4.79 Å². The first-order valence-electron chi connectivity index (χ1n) is 6.35. The summed E-state index contributed by atoms with van der Waals surface area (Å²) >= 11 is 0. The van der Waals surface area contributed by atoms with E-state index in [0.29, 0.717) is 12.3 Å². The summed E-state index contributed by atoms with van der Waals surface area (Å²) in [6.07, 6.45) is 5.11. The molecular weight excluding hydrogens is 216 g/mol. The third-order valence-electron chi connectivity index (χ3n) is 2.65. The Bertz CT molecular complexity index is 334. The lowest BCUT2D eigenvalue weighted by Gasteiger charge is -2.02. The number of furan rings is 1. The summed E-state index contributed by atoms with van der Waals surface area (Å²) in [5.41, 5.74) is 5.40. The molecule has 0 atom stereocenters. The third-order valence-corrected chi connectivity index (χ3v) is 2.65. The largest absolute Gasteiger partial charge is 0.456 e. The van der Waals surface area contributed by atoms with Gasteiger partial charge in [-0.2, -0.15) is 0 Å². The Morgan fingerprint density at radius 3 is 2.71 bits per heavy atom. The Morgan fingerprint density at radius 2 is 2.06 bits per heavy atom. The van der Waals surface area contributed by atoms with Crippen LogP contribution in [0.15, 0.2) is 16.5 Å². The van der Waals surface area contributed by atoms with Crippen LogP contribution in [-0.4, -0.2) is 19.0 Å². The van der Waals surface area contributed by atoms with E-state index in [-0.39, 0.29) is 5.91 Å². The molecule has 3 N–H and O–H groups in total. The lowest BCUT2D eigenvalue weighted by atomic mass is 10.2. The standard InChI is InChI=1S/C13H22N2O2/c1-2-11-7-8-12(17-11)13(16)15-10-6-4-3-5-9-14/h7-8H,2-6,9-10,14H2,1H3,(H,15,16). The predicted octanol–water partition coefficient (Wildman–Crippen LogP) is 2.09. The fourth-order valence-electron chi connectivity index (χ4n) is 1.60. The summed E-state index contributed by atoms with van der Waals surface area (Å²) in [7, 11) is 0. The molecule has 0 aliphatic rings. The van der Waals surface area contributed by atoms with Crippen LogP contribution in [-0.2, 0) is 6.42 Å². The molecule has 1 amide bonds. The molecular formula is C13H22N2O2. The van der Waals surface area contributed by atoms with Crippen molar-refractivity contribution >= 4 is 5.91 Å². The van der Waals surface area contributed by atoms with Crippen molar-refractivity contribution < 1.29 is 9.21 Å². The van der Waals surface area contributed by atoms with Crippen LogP contribution in [0.25, 0.3) is 0 Å². The third kappa shape index (κ3) is 5.04. The predicted molar refractivity (Wildman–Crippen MR) is 67.9 cm³/mol. The van der Waals surface area contributed by atoms with E-state index in [2.05, 4.69) is 5.32 Å². The van der Waals surface area contributed by atoms with Gasteiger partial charge in [-0.1, -0.05) is 19.8 Å². The quantitative estimate of drug-likeness (QED) is 0.681. The number of unbranched alkanes of at least 4 members (excludes halogenated alkanes) is 3. The zero-order chi connectivity index (χ0) is 12.5. The van der Waals surface area contributed by atoms with Gasteiger partial charge in [0.15, 0.2) is 5.76 Å². The number of nitrogens with two attached hydrogens (primary N) is 1. The highest BCUT2D eigenvalue weighted by molar-refractivity contribution is 5.91. The van der Waals surface area contributed by atoms with Crippen LogP contribution in [0.1, 0.15) is 48.9 Å². The lowest BCUT2D eigenvalue weighted by Crippen LogP contribution is -2.23. The second kappa shape index (κ2) is 7.90. The fraction of sp³-hybridized carbons (Fsp3) is 0.615. The monoisotopic (exact) mass is 238 g/mol. The molecule has 1 heterocycles. The normalized spacial score (nSPS) is 10.5. The van der Waals surface area contributed by atoms with Gasteiger partial charge in [0.2, 0.25) is 0 Å². The summed E-state index contributed by atoms with van der Waals surface area (Å²) in [5.74, 6) is 1.13. The van der Waals surface area contributed by atoms with E-state index in [9.17, 15) is 4.79 Å². The van der Waals surface area contributed by atoms with Gasteiger partial charge >= 0.3 is 0 Å². The summed E-state index contributed by atoms with van der Waals surface area (Å²) in [4.78, 5) is 11.6. The number of aryl methyl sites for hydroxylation is 1. The van der Waals surface area contributed by atoms with E-state index in [0.717, 1.165) is 44.4 Å². The number of hydrogen-bond acceptors (Lipinski definition) is 3. The minimum absolute atomic E-state index is 0.122. The van der Waals surface area contributed by atoms with Gasteiger partial charge < -0.3 is 15.5 Å². The van der Waals surface area contributed by atoms with E-state index >= 15 is 0 Å². The van der Waals surface area contributed by atoms with E-state index in [1.165, 1.54) is 0 Å². The molecule has 4 nitrogen and oxygen atoms in total. The van der Waals surface area contributed by atoms with Crippen molar-refractivity contribution in [3.05, 3.63) is 23.7 Å². The Balaban J connectivity index is 2.16. The van der Waals surface area contributed by atoms with Crippen molar-refractivity contribution in [2.75, 3.05) is 13.1 Å². The Hall–Kier alpha value is -1.29. The van der Waals surface area contributed by atoms with Crippen LogP contribution in [0.5, 0.6) is 0 Å². The Labute approximate surface area is 103 Å². The molecule has 1 aromatic rings. The van der Waals surface area contributed by atoms with Crippen molar-refractivity contribution in [1.29, 1.82) is 0 Å². The fourth-order valence-corrected chi connectivity index (χ4v) is 1.60. The number of carbonyl (C=O) groups is 1. The van der Waals surface area contributed by atoms with Gasteiger partial charge in [-0.25, -0.2) is 0 Å². The summed E-state index contributed by atoms with van der Waals surface area (Å²) in [6, 6.07) is 3.57. The maximum Gasteiger partial charge on any atom is 0.286 e. The maximum atomic E-state index is 11.6. The van der Waals surface area contributed by atoms with E-state index in [4.69, 9.17) is 10.2 Å². The number of nitrogens with one attached hydrogen (secondary N) is 1. The van der Waals surface area contributed by atoms with Gasteiger partial charge in [0.05, 0.1) is 0 Å². The van der Waals surface area contributed by atoms with Crippen LogP contribution >= 0.6 is 0 Å². The van der Waals surface area contributed by atoms with E-state index in [1.54, 1.807) is 6.07 Å². The second-order valence-electron chi connectivity index (χ2n) is 4.08. The molecule has 0 saturated heterocycles. The molecule has 0 fully saturated rings. The smallest absolute Gasteiger partial charge is 0.286 e. The SMILES string of the molecule is CCc1ccc(C(=O)NCCCCCCN)o1. The Kier molecular flexibility index (Phi) is 6.40. The lowest BCUT2D eigenvalue weighted by molar-refractivity contribution is 0.0923. The van der Waals surface area contributed by atoms with Crippen LogP contribution in [0.2, 0.25) is 0 Å². The highest BCUT2D eigenvalue weighted by atomic mass is 16.3. The topological polar surface area (TPSA) is 68.3 Å². The average Bonchev–Trinajstić information content (AvgIpc) is 2.82. The van der Waals surface area contributed by atoms with Crippen LogP contribution in [0.3, 0.4) is 0 Å². The number of hydrogen-bond donors (Lipinski definition) is 2. The number of amides is 1. The van der Waals surface area contributed by atoms with E-state index in [1.807, 2.05) is 13.0 Å². The minimum atomic E-state index is -0.122. The Morgan fingerprint density at radius 1 is 1.29 bits per heavy atom. The van der Waals surface area contributed by atoms with Gasteiger partial charge in [-0.15, -0.1) is 0 Å². The van der Waals surface area contributed by atoms with Crippen molar-refractivity contribution in [3.8, 4) is 0 Å². The van der Waals surface area contributed by atoms with Crippen molar-refractivity contribution in [2.24, 2.45) is 5.73 Å².